The lowest BCUT2D eigenvalue weighted by Crippen LogP contribution is -2.27. The molecule has 23 heavy (non-hydrogen) atoms. The highest BCUT2D eigenvalue weighted by molar-refractivity contribution is 5.79. The van der Waals surface area contributed by atoms with E-state index in [9.17, 15) is 9.59 Å². The minimum Gasteiger partial charge on any atom is -0.481 e. The number of hydrogen-bond donors (Lipinski definition) is 2. The SMILES string of the molecule is CCCCCCCCCCCCCC[C@@H](C(=O)O)[C@H](C)C(=O)O. The first-order chi connectivity index (χ1) is 11.0. The number of aliphatic carboxylic acids is 2. The molecule has 0 saturated carbocycles. The Kier molecular flexibility index (Phi) is 13.9. The summed E-state index contributed by atoms with van der Waals surface area (Å²) in [5.74, 6) is -3.56. The van der Waals surface area contributed by atoms with Gasteiger partial charge in [-0.1, -0.05) is 90.9 Å². The molecule has 0 aromatic heterocycles. The molecule has 0 saturated heterocycles. The van der Waals surface area contributed by atoms with Crippen LogP contribution in [0, 0.1) is 11.8 Å². The Bertz CT molecular complexity index is 314. The maximum atomic E-state index is 11.1. The highest BCUT2D eigenvalue weighted by atomic mass is 16.4. The molecule has 0 spiro atoms. The van der Waals surface area contributed by atoms with Crippen molar-refractivity contribution in [3.05, 3.63) is 0 Å². The lowest BCUT2D eigenvalue weighted by Gasteiger charge is -2.16. The Morgan fingerprint density at radius 1 is 0.696 bits per heavy atom. The molecule has 4 heteroatoms. The summed E-state index contributed by atoms with van der Waals surface area (Å²) >= 11 is 0. The van der Waals surface area contributed by atoms with Crippen molar-refractivity contribution in [2.24, 2.45) is 11.8 Å². The molecular weight excluding hydrogens is 292 g/mol. The quantitative estimate of drug-likeness (QED) is 0.367. The van der Waals surface area contributed by atoms with Crippen LogP contribution < -0.4 is 0 Å². The van der Waals surface area contributed by atoms with Crippen molar-refractivity contribution in [1.82, 2.24) is 0 Å². The molecule has 0 amide bonds. The normalized spacial score (nSPS) is 13.7. The molecule has 0 rings (SSSR count). The van der Waals surface area contributed by atoms with E-state index in [4.69, 9.17) is 10.2 Å². The van der Waals surface area contributed by atoms with E-state index < -0.39 is 23.8 Å². The van der Waals surface area contributed by atoms with Gasteiger partial charge >= 0.3 is 11.9 Å². The molecule has 0 unspecified atom stereocenters. The van der Waals surface area contributed by atoms with Gasteiger partial charge in [-0.25, -0.2) is 0 Å². The lowest BCUT2D eigenvalue weighted by atomic mass is 9.89. The van der Waals surface area contributed by atoms with Crippen LogP contribution in [0.4, 0.5) is 0 Å². The van der Waals surface area contributed by atoms with Crippen LogP contribution in [-0.2, 0) is 9.59 Å². The fourth-order valence-corrected chi connectivity index (χ4v) is 2.96. The first-order valence-corrected chi connectivity index (χ1v) is 9.46. The molecule has 0 bridgehead atoms. The third-order valence-corrected chi connectivity index (χ3v) is 4.68. The van der Waals surface area contributed by atoms with Crippen LogP contribution in [0.15, 0.2) is 0 Å². The molecule has 0 aliphatic heterocycles. The summed E-state index contributed by atoms with van der Waals surface area (Å²) in [5, 5.41) is 18.0. The Labute approximate surface area is 141 Å². The van der Waals surface area contributed by atoms with Gasteiger partial charge in [0.2, 0.25) is 0 Å². The van der Waals surface area contributed by atoms with Crippen molar-refractivity contribution >= 4 is 11.9 Å². The van der Waals surface area contributed by atoms with E-state index in [1.807, 2.05) is 0 Å². The first kappa shape index (κ1) is 21.9. The van der Waals surface area contributed by atoms with E-state index in [1.165, 1.54) is 64.7 Å². The molecule has 0 heterocycles. The van der Waals surface area contributed by atoms with Crippen molar-refractivity contribution < 1.29 is 19.8 Å². The molecule has 4 nitrogen and oxygen atoms in total. The van der Waals surface area contributed by atoms with Crippen LogP contribution >= 0.6 is 0 Å². The molecule has 2 atom stereocenters. The van der Waals surface area contributed by atoms with Gasteiger partial charge in [-0.3, -0.25) is 9.59 Å². The van der Waals surface area contributed by atoms with E-state index in [2.05, 4.69) is 6.92 Å². The molecule has 0 radical (unpaired) electrons. The molecule has 0 aliphatic rings. The van der Waals surface area contributed by atoms with Gasteiger partial charge in [0.05, 0.1) is 11.8 Å². The maximum absolute atomic E-state index is 11.1. The van der Waals surface area contributed by atoms with Gasteiger partial charge in [0.25, 0.3) is 0 Å². The van der Waals surface area contributed by atoms with Crippen molar-refractivity contribution in [1.29, 1.82) is 0 Å². The van der Waals surface area contributed by atoms with Gasteiger partial charge in [0, 0.05) is 0 Å². The summed E-state index contributed by atoms with van der Waals surface area (Å²) in [4.78, 5) is 22.0. The van der Waals surface area contributed by atoms with Crippen LogP contribution in [0.2, 0.25) is 0 Å². The van der Waals surface area contributed by atoms with Crippen LogP contribution in [0.25, 0.3) is 0 Å². The van der Waals surface area contributed by atoms with Crippen molar-refractivity contribution in [3.8, 4) is 0 Å². The Hall–Kier alpha value is -1.06. The predicted octanol–water partition coefficient (Wildman–Crippen LogP) is 5.50. The van der Waals surface area contributed by atoms with Crippen molar-refractivity contribution in [2.45, 2.75) is 97.3 Å². The van der Waals surface area contributed by atoms with Crippen molar-refractivity contribution in [2.75, 3.05) is 0 Å². The number of carboxylic acid groups (broad SMARTS) is 2. The fraction of sp³-hybridized carbons (Fsp3) is 0.895. The zero-order valence-electron chi connectivity index (χ0n) is 15.1. The summed E-state index contributed by atoms with van der Waals surface area (Å²) in [5.41, 5.74) is 0. The smallest absolute Gasteiger partial charge is 0.307 e. The number of hydrogen-bond acceptors (Lipinski definition) is 2. The van der Waals surface area contributed by atoms with Crippen molar-refractivity contribution in [3.63, 3.8) is 0 Å². The molecule has 0 fully saturated rings. The standard InChI is InChI=1S/C19H36O4/c1-3-4-5-6-7-8-9-10-11-12-13-14-15-17(19(22)23)16(2)18(20)21/h16-17H,3-15H2,1-2H3,(H,20,21)(H,22,23)/t16-,17+/m0/s1. The highest BCUT2D eigenvalue weighted by Gasteiger charge is 2.29. The largest absolute Gasteiger partial charge is 0.481 e. The average Bonchev–Trinajstić information content (AvgIpc) is 2.51. The molecule has 136 valence electrons. The molecule has 2 N–H and O–H groups in total. The lowest BCUT2D eigenvalue weighted by molar-refractivity contribution is -0.153. The summed E-state index contributed by atoms with van der Waals surface area (Å²) in [6.07, 6.45) is 15.3. The van der Waals surface area contributed by atoms with Gasteiger partial charge in [0.1, 0.15) is 0 Å². The van der Waals surface area contributed by atoms with Crippen LogP contribution in [0.5, 0.6) is 0 Å². The second-order valence-corrected chi connectivity index (χ2v) is 6.75. The maximum Gasteiger partial charge on any atom is 0.307 e. The monoisotopic (exact) mass is 328 g/mol. The number of unbranched alkanes of at least 4 members (excludes halogenated alkanes) is 11. The van der Waals surface area contributed by atoms with E-state index >= 15 is 0 Å². The summed E-state index contributed by atoms with van der Waals surface area (Å²) in [6.45, 7) is 3.72. The van der Waals surface area contributed by atoms with E-state index in [-0.39, 0.29) is 0 Å². The fourth-order valence-electron chi connectivity index (χ4n) is 2.96. The van der Waals surface area contributed by atoms with Gasteiger partial charge in [-0.2, -0.15) is 0 Å². The van der Waals surface area contributed by atoms with Gasteiger partial charge < -0.3 is 10.2 Å². The number of rotatable bonds is 16. The van der Waals surface area contributed by atoms with E-state index in [1.54, 1.807) is 0 Å². The summed E-state index contributed by atoms with van der Waals surface area (Å²) < 4.78 is 0. The molecule has 0 aromatic carbocycles. The van der Waals surface area contributed by atoms with Gasteiger partial charge in [-0.05, 0) is 6.42 Å². The molecular formula is C19H36O4. The zero-order valence-corrected chi connectivity index (χ0v) is 15.1. The second-order valence-electron chi connectivity index (χ2n) is 6.75. The second kappa shape index (κ2) is 14.5. The minimum absolute atomic E-state index is 0.472. The average molecular weight is 328 g/mol. The van der Waals surface area contributed by atoms with Crippen LogP contribution in [-0.4, -0.2) is 22.2 Å². The molecule has 0 aliphatic carbocycles. The van der Waals surface area contributed by atoms with Gasteiger partial charge in [0.15, 0.2) is 0 Å². The van der Waals surface area contributed by atoms with Crippen LogP contribution in [0.3, 0.4) is 0 Å². The topological polar surface area (TPSA) is 74.6 Å². The molecule has 0 aromatic rings. The third-order valence-electron chi connectivity index (χ3n) is 4.68. The number of carbonyl (C=O) groups is 2. The van der Waals surface area contributed by atoms with E-state index in [0.717, 1.165) is 19.3 Å². The minimum atomic E-state index is -1.02. The van der Waals surface area contributed by atoms with Gasteiger partial charge in [-0.15, -0.1) is 0 Å². The summed E-state index contributed by atoms with van der Waals surface area (Å²) in [7, 11) is 0. The summed E-state index contributed by atoms with van der Waals surface area (Å²) in [6, 6.07) is 0. The predicted molar refractivity (Wildman–Crippen MR) is 93.6 cm³/mol. The highest BCUT2D eigenvalue weighted by Crippen LogP contribution is 2.21. The zero-order chi connectivity index (χ0) is 17.5. The Balaban J connectivity index is 3.50. The number of carboxylic acids is 2. The van der Waals surface area contributed by atoms with Crippen LogP contribution in [0.1, 0.15) is 97.3 Å². The van der Waals surface area contributed by atoms with E-state index in [0.29, 0.717) is 6.42 Å². The Morgan fingerprint density at radius 2 is 1.09 bits per heavy atom. The first-order valence-electron chi connectivity index (χ1n) is 9.46. The third kappa shape index (κ3) is 12.1. The Morgan fingerprint density at radius 3 is 1.43 bits per heavy atom.